The number of hydrogen-bond acceptors (Lipinski definition) is 3. The number of methoxy groups -OCH3 is 2. The monoisotopic (exact) mass is 268 g/mol. The molecule has 0 bridgehead atoms. The molecule has 1 unspecified atom stereocenters. The Labute approximate surface area is 115 Å². The van der Waals surface area contributed by atoms with Crippen molar-refractivity contribution in [3.8, 4) is 0 Å². The topological polar surface area (TPSA) is 18.5 Å². The molecule has 3 heteroatoms. The first kappa shape index (κ1) is 15.5. The summed E-state index contributed by atoms with van der Waals surface area (Å²) >= 11 is 1.92. The molecule has 0 amide bonds. The van der Waals surface area contributed by atoms with E-state index in [1.807, 2.05) is 11.8 Å². The van der Waals surface area contributed by atoms with Gasteiger partial charge in [0, 0.05) is 30.4 Å². The molecule has 0 heterocycles. The average Bonchev–Trinajstić information content (AvgIpc) is 2.39. The second kappa shape index (κ2) is 8.57. The summed E-state index contributed by atoms with van der Waals surface area (Å²) in [5.74, 6) is 1.97. The molecule has 0 saturated carbocycles. The van der Waals surface area contributed by atoms with Gasteiger partial charge < -0.3 is 9.47 Å². The normalized spacial score (nSPS) is 12.9. The smallest absolute Gasteiger partial charge is 0.183 e. The molecular formula is C15H24O2S. The Morgan fingerprint density at radius 2 is 1.72 bits per heavy atom. The molecule has 0 radical (unpaired) electrons. The third-order valence-corrected chi connectivity index (χ3v) is 4.24. The van der Waals surface area contributed by atoms with E-state index < -0.39 is 0 Å². The van der Waals surface area contributed by atoms with Crippen molar-refractivity contribution in [3.05, 3.63) is 29.8 Å². The van der Waals surface area contributed by atoms with Crippen molar-refractivity contribution >= 4 is 11.8 Å². The van der Waals surface area contributed by atoms with Crippen LogP contribution in [0.1, 0.15) is 38.5 Å². The van der Waals surface area contributed by atoms with Crippen molar-refractivity contribution in [1.29, 1.82) is 0 Å². The Balaban J connectivity index is 2.49. The standard InChI is InChI=1S/C15H24O2S/c1-5-6-12(2)11-18-14-9-7-13(8-10-14)15(16-3)17-4/h7-10,12,15H,5-6,11H2,1-4H3. The molecule has 18 heavy (non-hydrogen) atoms. The van der Waals surface area contributed by atoms with Crippen LogP contribution in [-0.2, 0) is 9.47 Å². The maximum Gasteiger partial charge on any atom is 0.183 e. The maximum atomic E-state index is 5.23. The molecule has 102 valence electrons. The zero-order valence-corrected chi connectivity index (χ0v) is 12.6. The van der Waals surface area contributed by atoms with E-state index in [4.69, 9.17) is 9.47 Å². The van der Waals surface area contributed by atoms with E-state index in [2.05, 4.69) is 38.1 Å². The number of thioether (sulfide) groups is 1. The fourth-order valence-electron chi connectivity index (χ4n) is 1.90. The molecule has 1 atom stereocenters. The van der Waals surface area contributed by atoms with Gasteiger partial charge in [-0.05, 0) is 18.1 Å². The molecule has 0 aliphatic heterocycles. The van der Waals surface area contributed by atoms with E-state index in [-0.39, 0.29) is 6.29 Å². The summed E-state index contributed by atoms with van der Waals surface area (Å²) in [7, 11) is 3.31. The highest BCUT2D eigenvalue weighted by atomic mass is 32.2. The number of benzene rings is 1. The summed E-state index contributed by atoms with van der Waals surface area (Å²) in [6.07, 6.45) is 2.31. The molecule has 0 aliphatic carbocycles. The molecule has 2 nitrogen and oxygen atoms in total. The minimum absolute atomic E-state index is 0.261. The number of ether oxygens (including phenoxy) is 2. The highest BCUT2D eigenvalue weighted by molar-refractivity contribution is 7.99. The Morgan fingerprint density at radius 3 is 2.22 bits per heavy atom. The summed E-state index contributed by atoms with van der Waals surface area (Å²) in [6, 6.07) is 8.43. The Bertz CT molecular complexity index is 320. The fraction of sp³-hybridized carbons (Fsp3) is 0.600. The number of hydrogen-bond donors (Lipinski definition) is 0. The summed E-state index contributed by atoms with van der Waals surface area (Å²) in [5, 5.41) is 0. The molecule has 0 aromatic heterocycles. The van der Waals surface area contributed by atoms with E-state index in [0.29, 0.717) is 0 Å². The van der Waals surface area contributed by atoms with Gasteiger partial charge in [0.25, 0.3) is 0 Å². The van der Waals surface area contributed by atoms with Gasteiger partial charge in [0.2, 0.25) is 0 Å². The molecule has 0 N–H and O–H groups in total. The van der Waals surface area contributed by atoms with Gasteiger partial charge in [-0.2, -0.15) is 0 Å². The fourth-order valence-corrected chi connectivity index (χ4v) is 2.88. The van der Waals surface area contributed by atoms with Crippen LogP contribution in [0.5, 0.6) is 0 Å². The van der Waals surface area contributed by atoms with Crippen molar-refractivity contribution < 1.29 is 9.47 Å². The largest absolute Gasteiger partial charge is 0.352 e. The Hall–Kier alpha value is -0.510. The lowest BCUT2D eigenvalue weighted by atomic mass is 10.1. The third kappa shape index (κ3) is 5.01. The SMILES string of the molecule is CCCC(C)CSc1ccc(C(OC)OC)cc1. The van der Waals surface area contributed by atoms with Gasteiger partial charge in [-0.15, -0.1) is 11.8 Å². The molecule has 0 aliphatic rings. The maximum absolute atomic E-state index is 5.23. The number of rotatable bonds is 8. The van der Waals surface area contributed by atoms with E-state index in [0.717, 1.165) is 11.5 Å². The van der Waals surface area contributed by atoms with Gasteiger partial charge in [0.15, 0.2) is 6.29 Å². The molecular weight excluding hydrogens is 244 g/mol. The van der Waals surface area contributed by atoms with Crippen LogP contribution in [0, 0.1) is 5.92 Å². The average molecular weight is 268 g/mol. The van der Waals surface area contributed by atoms with Crippen LogP contribution in [0.15, 0.2) is 29.2 Å². The van der Waals surface area contributed by atoms with E-state index >= 15 is 0 Å². The minimum atomic E-state index is -0.261. The van der Waals surface area contributed by atoms with Crippen LogP contribution in [0.4, 0.5) is 0 Å². The van der Waals surface area contributed by atoms with Crippen molar-refractivity contribution in [2.45, 2.75) is 37.9 Å². The lowest BCUT2D eigenvalue weighted by Gasteiger charge is -2.14. The first-order valence-electron chi connectivity index (χ1n) is 6.49. The van der Waals surface area contributed by atoms with Crippen LogP contribution >= 0.6 is 11.8 Å². The van der Waals surface area contributed by atoms with Gasteiger partial charge in [-0.3, -0.25) is 0 Å². The van der Waals surface area contributed by atoms with Gasteiger partial charge in [-0.25, -0.2) is 0 Å². The summed E-state index contributed by atoms with van der Waals surface area (Å²) in [5.41, 5.74) is 1.06. The summed E-state index contributed by atoms with van der Waals surface area (Å²) < 4.78 is 10.5. The van der Waals surface area contributed by atoms with Crippen LogP contribution in [-0.4, -0.2) is 20.0 Å². The predicted molar refractivity (Wildman–Crippen MR) is 78.0 cm³/mol. The third-order valence-electron chi connectivity index (χ3n) is 2.90. The second-order valence-corrected chi connectivity index (χ2v) is 5.67. The van der Waals surface area contributed by atoms with Crippen LogP contribution < -0.4 is 0 Å². The summed E-state index contributed by atoms with van der Waals surface area (Å²) in [6.45, 7) is 4.56. The van der Waals surface area contributed by atoms with Crippen LogP contribution in [0.25, 0.3) is 0 Å². The van der Waals surface area contributed by atoms with Crippen LogP contribution in [0.3, 0.4) is 0 Å². The lowest BCUT2D eigenvalue weighted by Crippen LogP contribution is -2.03. The van der Waals surface area contributed by atoms with E-state index in [1.165, 1.54) is 23.5 Å². The zero-order valence-electron chi connectivity index (χ0n) is 11.8. The first-order chi connectivity index (χ1) is 8.71. The van der Waals surface area contributed by atoms with E-state index in [9.17, 15) is 0 Å². The quantitative estimate of drug-likeness (QED) is 0.510. The Morgan fingerprint density at radius 1 is 1.11 bits per heavy atom. The van der Waals surface area contributed by atoms with E-state index in [1.54, 1.807) is 14.2 Å². The predicted octanol–water partition coefficient (Wildman–Crippen LogP) is 4.51. The van der Waals surface area contributed by atoms with Crippen molar-refractivity contribution in [1.82, 2.24) is 0 Å². The second-order valence-electron chi connectivity index (χ2n) is 4.58. The molecule has 1 rings (SSSR count). The molecule has 0 fully saturated rings. The highest BCUT2D eigenvalue weighted by Gasteiger charge is 2.08. The minimum Gasteiger partial charge on any atom is -0.352 e. The van der Waals surface area contributed by atoms with Gasteiger partial charge in [-0.1, -0.05) is 38.8 Å². The van der Waals surface area contributed by atoms with Crippen molar-refractivity contribution in [2.24, 2.45) is 5.92 Å². The van der Waals surface area contributed by atoms with Gasteiger partial charge >= 0.3 is 0 Å². The molecule has 1 aromatic carbocycles. The van der Waals surface area contributed by atoms with Gasteiger partial charge in [0.1, 0.15) is 0 Å². The summed E-state index contributed by atoms with van der Waals surface area (Å²) in [4.78, 5) is 1.31. The van der Waals surface area contributed by atoms with Crippen LogP contribution in [0.2, 0.25) is 0 Å². The van der Waals surface area contributed by atoms with Crippen molar-refractivity contribution in [2.75, 3.05) is 20.0 Å². The zero-order chi connectivity index (χ0) is 13.4. The van der Waals surface area contributed by atoms with Crippen molar-refractivity contribution in [3.63, 3.8) is 0 Å². The molecule has 0 spiro atoms. The highest BCUT2D eigenvalue weighted by Crippen LogP contribution is 2.25. The Kier molecular flexibility index (Phi) is 7.40. The van der Waals surface area contributed by atoms with Gasteiger partial charge in [0.05, 0.1) is 0 Å². The lowest BCUT2D eigenvalue weighted by molar-refractivity contribution is -0.106. The first-order valence-corrected chi connectivity index (χ1v) is 7.48. The molecule has 0 saturated heterocycles. The molecule has 1 aromatic rings.